The minimum Gasteiger partial charge on any atom is -0.593 e. The van der Waals surface area contributed by atoms with E-state index in [1.54, 1.807) is 6.92 Å². The lowest BCUT2D eigenvalue weighted by molar-refractivity contribution is 0.604. The van der Waals surface area contributed by atoms with Crippen molar-refractivity contribution in [3.8, 4) is 6.07 Å². The van der Waals surface area contributed by atoms with Gasteiger partial charge in [-0.15, -0.1) is 5.14 Å². The van der Waals surface area contributed by atoms with Crippen molar-refractivity contribution < 1.29 is 4.55 Å². The third-order valence-electron chi connectivity index (χ3n) is 3.42. The van der Waals surface area contributed by atoms with Gasteiger partial charge in [0.2, 0.25) is 0 Å². The Labute approximate surface area is 127 Å². The summed E-state index contributed by atoms with van der Waals surface area (Å²) in [6.07, 6.45) is 0. The zero-order valence-corrected chi connectivity index (χ0v) is 13.1. The lowest BCUT2D eigenvalue weighted by Gasteiger charge is -2.13. The molecule has 2 N–H and O–H groups in total. The first-order chi connectivity index (χ1) is 9.93. The highest BCUT2D eigenvalue weighted by atomic mass is 32.2. The molecule has 0 spiro atoms. The number of nitrogens with zero attached hydrogens (tertiary/aromatic N) is 2. The van der Waals surface area contributed by atoms with Crippen molar-refractivity contribution in [3.63, 3.8) is 0 Å². The van der Waals surface area contributed by atoms with Crippen molar-refractivity contribution in [2.45, 2.75) is 6.92 Å². The molecule has 2 aromatic rings. The van der Waals surface area contributed by atoms with Crippen LogP contribution in [0.25, 0.3) is 16.3 Å². The van der Waals surface area contributed by atoms with E-state index in [1.165, 1.54) is 0 Å². The van der Waals surface area contributed by atoms with E-state index < -0.39 is 11.4 Å². The fraction of sp³-hybridized carbons (Fsp3) is 0.188. The molecule has 0 aliphatic heterocycles. The SMILES string of the molecule is C/C(=C(/C#N)[S+](N)[O-])c1ccc2cc(N(C)C)ccc2c1. The van der Waals surface area contributed by atoms with Crippen molar-refractivity contribution in [1.29, 1.82) is 5.26 Å². The van der Waals surface area contributed by atoms with Crippen molar-refractivity contribution >= 4 is 33.4 Å². The van der Waals surface area contributed by atoms with Crippen LogP contribution in [0, 0.1) is 11.3 Å². The van der Waals surface area contributed by atoms with Gasteiger partial charge in [0.05, 0.1) is 11.4 Å². The molecule has 0 aliphatic rings. The first-order valence-corrected chi connectivity index (χ1v) is 7.64. The molecule has 0 saturated heterocycles. The maximum atomic E-state index is 11.4. The Morgan fingerprint density at radius 2 is 1.81 bits per heavy atom. The van der Waals surface area contributed by atoms with Gasteiger partial charge in [-0.25, -0.2) is 0 Å². The Kier molecular flexibility index (Phi) is 4.53. The first kappa shape index (κ1) is 15.4. The van der Waals surface area contributed by atoms with E-state index in [1.807, 2.05) is 55.4 Å². The molecule has 1 atom stereocenters. The molecular weight excluding hydrogens is 282 g/mol. The van der Waals surface area contributed by atoms with E-state index in [0.29, 0.717) is 5.57 Å². The lowest BCUT2D eigenvalue weighted by Crippen LogP contribution is -2.14. The number of hydrogen-bond donors (Lipinski definition) is 1. The monoisotopic (exact) mass is 299 g/mol. The molecule has 0 fully saturated rings. The fourth-order valence-electron chi connectivity index (χ4n) is 2.16. The van der Waals surface area contributed by atoms with Crippen molar-refractivity contribution in [2.75, 3.05) is 19.0 Å². The summed E-state index contributed by atoms with van der Waals surface area (Å²) >= 11 is -1.77. The molecule has 21 heavy (non-hydrogen) atoms. The first-order valence-electron chi connectivity index (χ1n) is 6.42. The number of rotatable bonds is 3. The van der Waals surface area contributed by atoms with E-state index in [-0.39, 0.29) is 4.91 Å². The van der Waals surface area contributed by atoms with Crippen LogP contribution in [-0.4, -0.2) is 18.6 Å². The van der Waals surface area contributed by atoms with E-state index >= 15 is 0 Å². The molecule has 1 unspecified atom stereocenters. The summed E-state index contributed by atoms with van der Waals surface area (Å²) in [5.74, 6) is 0. The zero-order valence-electron chi connectivity index (χ0n) is 12.3. The van der Waals surface area contributed by atoms with Crippen LogP contribution in [0.4, 0.5) is 5.69 Å². The second-order valence-corrected chi connectivity index (χ2v) is 6.01. The maximum Gasteiger partial charge on any atom is 0.253 e. The number of benzene rings is 2. The normalized spacial score (nSPS) is 13.5. The van der Waals surface area contributed by atoms with Gasteiger partial charge in [0.1, 0.15) is 0 Å². The number of hydrogen-bond acceptors (Lipinski definition) is 4. The molecule has 0 bridgehead atoms. The Morgan fingerprint density at radius 3 is 2.38 bits per heavy atom. The number of fused-ring (bicyclic) bond motifs is 1. The summed E-state index contributed by atoms with van der Waals surface area (Å²) < 4.78 is 11.4. The van der Waals surface area contributed by atoms with Gasteiger partial charge in [0.25, 0.3) is 4.91 Å². The number of anilines is 1. The summed E-state index contributed by atoms with van der Waals surface area (Å²) in [7, 11) is 4.00. The standard InChI is InChI=1S/C16H17N3OS/c1-11(16(10-17)21(18)20)12-4-5-14-9-15(19(2)3)7-6-13(14)8-12/h4-9H,18H2,1-3H3/b16-11+. The Balaban J connectivity index is 2.54. The third-order valence-corrected chi connectivity index (χ3v) is 4.22. The summed E-state index contributed by atoms with van der Waals surface area (Å²) in [6.45, 7) is 1.76. The van der Waals surface area contributed by atoms with Crippen LogP contribution in [0.15, 0.2) is 41.3 Å². The van der Waals surface area contributed by atoms with Gasteiger partial charge in [0.15, 0.2) is 6.07 Å². The molecule has 2 aromatic carbocycles. The predicted molar refractivity (Wildman–Crippen MR) is 88.8 cm³/mol. The number of nitriles is 1. The molecule has 2 rings (SSSR count). The predicted octanol–water partition coefficient (Wildman–Crippen LogP) is 2.78. The average Bonchev–Trinajstić information content (AvgIpc) is 2.46. The fourth-order valence-corrected chi connectivity index (χ4v) is 2.66. The maximum absolute atomic E-state index is 11.4. The Morgan fingerprint density at radius 1 is 1.19 bits per heavy atom. The molecule has 0 aromatic heterocycles. The van der Waals surface area contributed by atoms with Gasteiger partial charge in [-0.05, 0) is 41.5 Å². The van der Waals surface area contributed by atoms with Crippen LogP contribution in [-0.2, 0) is 11.4 Å². The molecule has 5 heteroatoms. The highest BCUT2D eigenvalue weighted by Gasteiger charge is 2.15. The van der Waals surface area contributed by atoms with Crippen LogP contribution >= 0.6 is 0 Å². The van der Waals surface area contributed by atoms with E-state index in [4.69, 9.17) is 10.4 Å². The second-order valence-electron chi connectivity index (χ2n) is 5.00. The van der Waals surface area contributed by atoms with Gasteiger partial charge in [0, 0.05) is 25.4 Å². The average molecular weight is 299 g/mol. The van der Waals surface area contributed by atoms with Crippen LogP contribution < -0.4 is 10.0 Å². The van der Waals surface area contributed by atoms with Crippen LogP contribution in [0.1, 0.15) is 12.5 Å². The smallest absolute Gasteiger partial charge is 0.253 e. The molecule has 0 saturated carbocycles. The Hall–Kier alpha value is -2.00. The van der Waals surface area contributed by atoms with Gasteiger partial charge in [-0.3, -0.25) is 0 Å². The quantitative estimate of drug-likeness (QED) is 0.698. The van der Waals surface area contributed by atoms with E-state index in [0.717, 1.165) is 22.0 Å². The molecule has 108 valence electrons. The number of allylic oxidation sites excluding steroid dienone is 2. The highest BCUT2D eigenvalue weighted by Crippen LogP contribution is 2.26. The highest BCUT2D eigenvalue weighted by molar-refractivity contribution is 7.93. The van der Waals surface area contributed by atoms with Crippen LogP contribution in [0.2, 0.25) is 0 Å². The van der Waals surface area contributed by atoms with Crippen LogP contribution in [0.3, 0.4) is 0 Å². The molecule has 0 aliphatic carbocycles. The minimum absolute atomic E-state index is 0.110. The van der Waals surface area contributed by atoms with Crippen molar-refractivity contribution in [1.82, 2.24) is 0 Å². The molecule has 0 radical (unpaired) electrons. The lowest BCUT2D eigenvalue weighted by atomic mass is 10.0. The molecular formula is C16H17N3OS. The zero-order chi connectivity index (χ0) is 15.6. The summed E-state index contributed by atoms with van der Waals surface area (Å²) in [5.41, 5.74) is 2.63. The topological polar surface area (TPSA) is 76.1 Å². The van der Waals surface area contributed by atoms with E-state index in [9.17, 15) is 4.55 Å². The summed E-state index contributed by atoms with van der Waals surface area (Å²) in [6, 6.07) is 14.0. The second kappa shape index (κ2) is 6.19. The van der Waals surface area contributed by atoms with Crippen LogP contribution in [0.5, 0.6) is 0 Å². The largest absolute Gasteiger partial charge is 0.593 e. The molecule has 4 nitrogen and oxygen atoms in total. The van der Waals surface area contributed by atoms with Gasteiger partial charge >= 0.3 is 0 Å². The number of nitrogens with two attached hydrogens (primary N) is 1. The van der Waals surface area contributed by atoms with E-state index in [2.05, 4.69) is 6.07 Å². The molecule has 0 amide bonds. The van der Waals surface area contributed by atoms with Gasteiger partial charge in [-0.1, -0.05) is 18.2 Å². The van der Waals surface area contributed by atoms with Gasteiger partial charge < -0.3 is 9.45 Å². The summed E-state index contributed by atoms with van der Waals surface area (Å²) in [4.78, 5) is 2.16. The van der Waals surface area contributed by atoms with Crippen molar-refractivity contribution in [3.05, 3.63) is 46.9 Å². The molecule has 0 heterocycles. The minimum atomic E-state index is -1.77. The third kappa shape index (κ3) is 3.19. The van der Waals surface area contributed by atoms with Crippen molar-refractivity contribution in [2.24, 2.45) is 5.14 Å². The summed E-state index contributed by atoms with van der Waals surface area (Å²) in [5, 5.41) is 16.6. The van der Waals surface area contributed by atoms with Gasteiger partial charge in [-0.2, -0.15) is 5.26 Å². The Bertz CT molecular complexity index is 745.